The zero-order valence-corrected chi connectivity index (χ0v) is 10.9. The van der Waals surface area contributed by atoms with Gasteiger partial charge in [-0.15, -0.1) is 0 Å². The van der Waals surface area contributed by atoms with E-state index in [1.54, 1.807) is 0 Å². The first kappa shape index (κ1) is 13.1. The lowest BCUT2D eigenvalue weighted by Crippen LogP contribution is -2.40. The Bertz CT molecular complexity index is 403. The highest BCUT2D eigenvalue weighted by Gasteiger charge is 2.19. The molecule has 0 saturated carbocycles. The monoisotopic (exact) mass is 247 g/mol. The fourth-order valence-corrected chi connectivity index (χ4v) is 2.40. The molecule has 0 aromatic heterocycles. The van der Waals surface area contributed by atoms with Crippen LogP contribution >= 0.6 is 0 Å². The molecule has 0 saturated heterocycles. The van der Waals surface area contributed by atoms with Crippen LogP contribution in [0.2, 0.25) is 0 Å². The van der Waals surface area contributed by atoms with Crippen molar-refractivity contribution in [1.82, 2.24) is 5.32 Å². The second kappa shape index (κ2) is 6.55. The van der Waals surface area contributed by atoms with Gasteiger partial charge in [-0.25, -0.2) is 0 Å². The predicted molar refractivity (Wildman–Crippen MR) is 71.5 cm³/mol. The largest absolute Gasteiger partial charge is 0.372 e. The summed E-state index contributed by atoms with van der Waals surface area (Å²) in [6.45, 7) is 2.88. The molecule has 3 heteroatoms. The predicted octanol–water partition coefficient (Wildman–Crippen LogP) is 2.09. The quantitative estimate of drug-likeness (QED) is 0.809. The number of carbonyl (C=O) groups excluding carboxylic acids is 1. The molecular weight excluding hydrogens is 226 g/mol. The minimum absolute atomic E-state index is 0.00725. The van der Waals surface area contributed by atoms with Gasteiger partial charge in [-0.3, -0.25) is 4.79 Å². The van der Waals surface area contributed by atoms with Gasteiger partial charge in [-0.1, -0.05) is 31.2 Å². The Labute approximate surface area is 109 Å². The third-order valence-corrected chi connectivity index (χ3v) is 3.29. The normalized spacial score (nSPS) is 18.2. The van der Waals surface area contributed by atoms with Crippen molar-refractivity contribution in [2.45, 2.75) is 38.6 Å². The lowest BCUT2D eigenvalue weighted by atomic mass is 9.88. The number of nitrogens with one attached hydrogen (secondary N) is 1. The van der Waals surface area contributed by atoms with Crippen molar-refractivity contribution in [3.63, 3.8) is 0 Å². The van der Waals surface area contributed by atoms with Gasteiger partial charge in [0.15, 0.2) is 0 Å². The van der Waals surface area contributed by atoms with Crippen molar-refractivity contribution in [2.24, 2.45) is 0 Å². The molecule has 1 aliphatic carbocycles. The minimum Gasteiger partial charge on any atom is -0.372 e. The number of fused-ring (bicyclic) bond motifs is 1. The Morgan fingerprint density at radius 3 is 2.94 bits per heavy atom. The van der Waals surface area contributed by atoms with E-state index in [2.05, 4.69) is 29.6 Å². The lowest BCUT2D eigenvalue weighted by molar-refractivity contribution is -0.126. The van der Waals surface area contributed by atoms with E-state index in [1.165, 1.54) is 11.1 Å². The summed E-state index contributed by atoms with van der Waals surface area (Å²) in [5.74, 6) is 0.00725. The van der Waals surface area contributed by atoms with Crippen LogP contribution < -0.4 is 5.32 Å². The lowest BCUT2D eigenvalue weighted by Gasteiger charge is -2.25. The smallest absolute Gasteiger partial charge is 0.246 e. The molecule has 1 aromatic rings. The second-order valence-electron chi connectivity index (χ2n) is 4.83. The molecule has 0 heterocycles. The Hall–Kier alpha value is -1.35. The molecule has 2 rings (SSSR count). The van der Waals surface area contributed by atoms with Crippen LogP contribution in [0.25, 0.3) is 0 Å². The molecule has 1 unspecified atom stereocenters. The summed E-state index contributed by atoms with van der Waals surface area (Å²) in [7, 11) is 0. The van der Waals surface area contributed by atoms with E-state index in [-0.39, 0.29) is 18.6 Å². The summed E-state index contributed by atoms with van der Waals surface area (Å²) in [5, 5.41) is 3.05. The maximum Gasteiger partial charge on any atom is 0.246 e. The third-order valence-electron chi connectivity index (χ3n) is 3.29. The molecule has 18 heavy (non-hydrogen) atoms. The van der Waals surface area contributed by atoms with Gasteiger partial charge < -0.3 is 10.1 Å². The van der Waals surface area contributed by atoms with Crippen LogP contribution in [0.15, 0.2) is 24.3 Å². The van der Waals surface area contributed by atoms with Crippen LogP contribution in [0.4, 0.5) is 0 Å². The molecule has 0 spiro atoms. The molecule has 1 amide bonds. The topological polar surface area (TPSA) is 38.3 Å². The number of ether oxygens (including phenoxy) is 1. The van der Waals surface area contributed by atoms with Gasteiger partial charge >= 0.3 is 0 Å². The zero-order chi connectivity index (χ0) is 12.8. The standard InChI is InChI=1S/C15H21NO2/c1-2-9-18-11-15(17)16-14-8-7-12-5-3-4-6-13(12)10-14/h3-6,14H,2,7-11H2,1H3,(H,16,17). The first-order valence-electron chi connectivity index (χ1n) is 6.73. The van der Waals surface area contributed by atoms with E-state index < -0.39 is 0 Å². The van der Waals surface area contributed by atoms with Crippen molar-refractivity contribution in [2.75, 3.05) is 13.2 Å². The van der Waals surface area contributed by atoms with Gasteiger partial charge in [0.2, 0.25) is 5.91 Å². The first-order valence-corrected chi connectivity index (χ1v) is 6.73. The van der Waals surface area contributed by atoms with Gasteiger partial charge in [-0.2, -0.15) is 0 Å². The summed E-state index contributed by atoms with van der Waals surface area (Å²) in [6.07, 6.45) is 3.97. The summed E-state index contributed by atoms with van der Waals surface area (Å²) in [5.41, 5.74) is 2.79. The number of carbonyl (C=O) groups is 1. The van der Waals surface area contributed by atoms with E-state index in [1.807, 2.05) is 6.92 Å². The third kappa shape index (κ3) is 3.57. The van der Waals surface area contributed by atoms with Gasteiger partial charge in [0.1, 0.15) is 6.61 Å². The Kier molecular flexibility index (Phi) is 4.76. The van der Waals surface area contributed by atoms with Gasteiger partial charge in [0.05, 0.1) is 0 Å². The second-order valence-corrected chi connectivity index (χ2v) is 4.83. The molecule has 3 nitrogen and oxygen atoms in total. The zero-order valence-electron chi connectivity index (χ0n) is 10.9. The van der Waals surface area contributed by atoms with Crippen molar-refractivity contribution in [3.05, 3.63) is 35.4 Å². The Morgan fingerprint density at radius 2 is 2.17 bits per heavy atom. The number of aryl methyl sites for hydroxylation is 1. The summed E-state index contributed by atoms with van der Waals surface area (Å²) in [4.78, 5) is 11.7. The molecule has 0 bridgehead atoms. The molecule has 1 atom stereocenters. The van der Waals surface area contributed by atoms with Crippen LogP contribution in [-0.4, -0.2) is 25.2 Å². The Morgan fingerprint density at radius 1 is 1.39 bits per heavy atom. The van der Waals surface area contributed by atoms with E-state index in [0.717, 1.165) is 25.7 Å². The van der Waals surface area contributed by atoms with E-state index in [0.29, 0.717) is 6.61 Å². The molecule has 1 aliphatic rings. The van der Waals surface area contributed by atoms with Crippen LogP contribution in [0, 0.1) is 0 Å². The van der Waals surface area contributed by atoms with Crippen LogP contribution in [0.3, 0.4) is 0 Å². The van der Waals surface area contributed by atoms with Crippen LogP contribution in [0.1, 0.15) is 30.9 Å². The SMILES string of the molecule is CCCOCC(=O)NC1CCc2ccccc2C1. The van der Waals surface area contributed by atoms with Crippen molar-refractivity contribution >= 4 is 5.91 Å². The highest BCUT2D eigenvalue weighted by atomic mass is 16.5. The summed E-state index contributed by atoms with van der Waals surface area (Å²) in [6, 6.07) is 8.74. The number of benzene rings is 1. The van der Waals surface area contributed by atoms with Crippen molar-refractivity contribution in [3.8, 4) is 0 Å². The highest BCUT2D eigenvalue weighted by molar-refractivity contribution is 5.77. The van der Waals surface area contributed by atoms with Crippen molar-refractivity contribution in [1.29, 1.82) is 0 Å². The van der Waals surface area contributed by atoms with Gasteiger partial charge in [0.25, 0.3) is 0 Å². The molecule has 0 fully saturated rings. The van der Waals surface area contributed by atoms with E-state index in [4.69, 9.17) is 4.74 Å². The molecule has 98 valence electrons. The fraction of sp³-hybridized carbons (Fsp3) is 0.533. The Balaban J connectivity index is 1.80. The van der Waals surface area contributed by atoms with Gasteiger partial charge in [0, 0.05) is 12.6 Å². The molecule has 0 radical (unpaired) electrons. The summed E-state index contributed by atoms with van der Waals surface area (Å²) >= 11 is 0. The number of rotatable bonds is 5. The van der Waals surface area contributed by atoms with E-state index in [9.17, 15) is 4.79 Å². The van der Waals surface area contributed by atoms with Crippen LogP contribution in [-0.2, 0) is 22.4 Å². The molecule has 0 aliphatic heterocycles. The van der Waals surface area contributed by atoms with Crippen LogP contribution in [0.5, 0.6) is 0 Å². The van der Waals surface area contributed by atoms with E-state index >= 15 is 0 Å². The highest BCUT2D eigenvalue weighted by Crippen LogP contribution is 2.20. The number of amides is 1. The molecular formula is C15H21NO2. The first-order chi connectivity index (χ1) is 8.79. The maximum atomic E-state index is 11.7. The minimum atomic E-state index is 0.00725. The van der Waals surface area contributed by atoms with Crippen molar-refractivity contribution < 1.29 is 9.53 Å². The number of hydrogen-bond acceptors (Lipinski definition) is 2. The molecule has 1 N–H and O–H groups in total. The maximum absolute atomic E-state index is 11.7. The summed E-state index contributed by atoms with van der Waals surface area (Å²) < 4.78 is 5.24. The average Bonchev–Trinajstić information content (AvgIpc) is 2.39. The average molecular weight is 247 g/mol. The number of hydrogen-bond donors (Lipinski definition) is 1. The molecule has 1 aromatic carbocycles. The fourth-order valence-electron chi connectivity index (χ4n) is 2.40. The van der Waals surface area contributed by atoms with Gasteiger partial charge in [-0.05, 0) is 36.8 Å².